The average Bonchev–Trinajstić information content (AvgIpc) is 3.29. The lowest BCUT2D eigenvalue weighted by Crippen LogP contribution is -2.30. The number of rotatable bonds is 5. The number of aromatic nitrogens is 2. The summed E-state index contributed by atoms with van der Waals surface area (Å²) in [6.07, 6.45) is 8.70. The molecule has 1 saturated carbocycles. The van der Waals surface area contributed by atoms with Crippen LogP contribution in [-0.4, -0.2) is 23.1 Å². The first kappa shape index (κ1) is 16.3. The molecule has 136 valence electrons. The number of nitrogens with zero attached hydrogens (tertiary/aromatic N) is 3. The van der Waals surface area contributed by atoms with Crippen molar-refractivity contribution >= 4 is 5.82 Å². The van der Waals surface area contributed by atoms with Crippen LogP contribution in [0.15, 0.2) is 24.3 Å². The van der Waals surface area contributed by atoms with Gasteiger partial charge in [-0.05, 0) is 68.9 Å². The molecule has 1 atom stereocenters. The van der Waals surface area contributed by atoms with Crippen LogP contribution in [0.1, 0.15) is 67.2 Å². The van der Waals surface area contributed by atoms with Gasteiger partial charge in [-0.15, -0.1) is 0 Å². The maximum atomic E-state index is 5.05. The van der Waals surface area contributed by atoms with Gasteiger partial charge < -0.3 is 4.90 Å². The first-order valence-corrected chi connectivity index (χ1v) is 10.4. The Balaban J connectivity index is 1.61. The van der Waals surface area contributed by atoms with Gasteiger partial charge in [0.1, 0.15) is 11.6 Å². The van der Waals surface area contributed by atoms with Crippen molar-refractivity contribution in [3.05, 3.63) is 52.5 Å². The van der Waals surface area contributed by atoms with E-state index in [1.54, 1.807) is 0 Å². The lowest BCUT2D eigenvalue weighted by atomic mass is 9.79. The zero-order valence-corrected chi connectivity index (χ0v) is 16.1. The van der Waals surface area contributed by atoms with Crippen LogP contribution in [0.4, 0.5) is 5.82 Å². The third kappa shape index (κ3) is 2.47. The Labute approximate surface area is 156 Å². The molecule has 0 amide bonds. The average molecular weight is 348 g/mol. The van der Waals surface area contributed by atoms with Crippen molar-refractivity contribution in [2.45, 2.75) is 64.2 Å². The molecular formula is C23H29N3. The second-order valence-corrected chi connectivity index (χ2v) is 8.55. The number of hydrogen-bond donors (Lipinski definition) is 0. The highest BCUT2D eigenvalue weighted by atomic mass is 15.2. The number of benzene rings is 1. The lowest BCUT2D eigenvalue weighted by molar-refractivity contribution is 0.494. The van der Waals surface area contributed by atoms with E-state index >= 15 is 0 Å². The van der Waals surface area contributed by atoms with E-state index < -0.39 is 0 Å². The Bertz CT molecular complexity index is 839. The van der Waals surface area contributed by atoms with Gasteiger partial charge in [-0.3, -0.25) is 0 Å². The van der Waals surface area contributed by atoms with E-state index in [-0.39, 0.29) is 5.41 Å². The Morgan fingerprint density at radius 3 is 2.73 bits per heavy atom. The van der Waals surface area contributed by atoms with Gasteiger partial charge in [0.25, 0.3) is 0 Å². The molecule has 1 aromatic heterocycles. The minimum Gasteiger partial charge on any atom is -0.356 e. The Morgan fingerprint density at radius 2 is 1.92 bits per heavy atom. The Hall–Kier alpha value is -1.90. The molecule has 3 aliphatic carbocycles. The van der Waals surface area contributed by atoms with E-state index in [4.69, 9.17) is 9.97 Å². The molecule has 1 unspecified atom stereocenters. The molecule has 3 heteroatoms. The summed E-state index contributed by atoms with van der Waals surface area (Å²) >= 11 is 0. The maximum absolute atomic E-state index is 5.05. The van der Waals surface area contributed by atoms with Crippen LogP contribution in [0.2, 0.25) is 0 Å². The van der Waals surface area contributed by atoms with Crippen LogP contribution < -0.4 is 4.90 Å². The predicted molar refractivity (Wildman–Crippen MR) is 106 cm³/mol. The SMILES string of the molecule is CCCN(CC1CC1)c1nc(C)nc2c1CCC21CCc2ccccc21. The van der Waals surface area contributed by atoms with Gasteiger partial charge in [0.2, 0.25) is 0 Å². The van der Waals surface area contributed by atoms with Gasteiger partial charge in [-0.25, -0.2) is 9.97 Å². The van der Waals surface area contributed by atoms with Gasteiger partial charge in [0.05, 0.1) is 5.69 Å². The van der Waals surface area contributed by atoms with Gasteiger partial charge in [0.15, 0.2) is 0 Å². The van der Waals surface area contributed by atoms with E-state index in [1.165, 1.54) is 73.3 Å². The zero-order chi connectivity index (χ0) is 17.7. The fourth-order valence-electron chi connectivity index (χ4n) is 5.28. The molecule has 1 aromatic carbocycles. The summed E-state index contributed by atoms with van der Waals surface area (Å²) in [5.41, 5.74) is 6.00. The van der Waals surface area contributed by atoms with E-state index in [0.29, 0.717) is 0 Å². The van der Waals surface area contributed by atoms with Crippen molar-refractivity contribution in [3.63, 3.8) is 0 Å². The second kappa shape index (κ2) is 6.07. The van der Waals surface area contributed by atoms with E-state index in [9.17, 15) is 0 Å². The highest BCUT2D eigenvalue weighted by Crippen LogP contribution is 2.53. The number of hydrogen-bond acceptors (Lipinski definition) is 3. The molecule has 3 aliphatic rings. The maximum Gasteiger partial charge on any atom is 0.135 e. The molecule has 0 N–H and O–H groups in total. The predicted octanol–water partition coefficient (Wildman–Crippen LogP) is 4.59. The van der Waals surface area contributed by atoms with Crippen molar-refractivity contribution in [2.75, 3.05) is 18.0 Å². The van der Waals surface area contributed by atoms with Crippen LogP contribution in [0, 0.1) is 12.8 Å². The molecule has 0 bridgehead atoms. The minimum atomic E-state index is 0.145. The van der Waals surface area contributed by atoms with Gasteiger partial charge in [0, 0.05) is 24.1 Å². The van der Waals surface area contributed by atoms with Crippen LogP contribution in [0.5, 0.6) is 0 Å². The fraction of sp³-hybridized carbons (Fsp3) is 0.565. The van der Waals surface area contributed by atoms with Crippen LogP contribution in [-0.2, 0) is 18.3 Å². The van der Waals surface area contributed by atoms with Gasteiger partial charge in [-0.2, -0.15) is 0 Å². The molecule has 2 aromatic rings. The zero-order valence-electron chi connectivity index (χ0n) is 16.1. The summed E-state index contributed by atoms with van der Waals surface area (Å²) < 4.78 is 0. The smallest absolute Gasteiger partial charge is 0.135 e. The van der Waals surface area contributed by atoms with E-state index in [0.717, 1.165) is 24.7 Å². The van der Waals surface area contributed by atoms with Crippen molar-refractivity contribution < 1.29 is 0 Å². The number of anilines is 1. The summed E-state index contributed by atoms with van der Waals surface area (Å²) in [6.45, 7) is 6.66. The molecule has 1 heterocycles. The molecule has 1 fully saturated rings. The number of fused-ring (bicyclic) bond motifs is 4. The summed E-state index contributed by atoms with van der Waals surface area (Å²) in [6, 6.07) is 9.05. The van der Waals surface area contributed by atoms with Crippen molar-refractivity contribution in [1.29, 1.82) is 0 Å². The fourth-order valence-corrected chi connectivity index (χ4v) is 5.28. The Morgan fingerprint density at radius 1 is 1.12 bits per heavy atom. The Kier molecular flexibility index (Phi) is 3.80. The van der Waals surface area contributed by atoms with Crippen LogP contribution in [0.3, 0.4) is 0 Å². The topological polar surface area (TPSA) is 29.0 Å². The highest BCUT2D eigenvalue weighted by Gasteiger charge is 2.47. The largest absolute Gasteiger partial charge is 0.356 e. The third-order valence-electron chi connectivity index (χ3n) is 6.67. The van der Waals surface area contributed by atoms with Crippen molar-refractivity contribution in [3.8, 4) is 0 Å². The number of aryl methyl sites for hydroxylation is 2. The second-order valence-electron chi connectivity index (χ2n) is 8.55. The van der Waals surface area contributed by atoms with E-state index in [2.05, 4.69) is 43.0 Å². The first-order valence-electron chi connectivity index (χ1n) is 10.4. The van der Waals surface area contributed by atoms with E-state index in [1.807, 2.05) is 0 Å². The lowest BCUT2D eigenvalue weighted by Gasteiger charge is -2.28. The van der Waals surface area contributed by atoms with Crippen molar-refractivity contribution in [1.82, 2.24) is 9.97 Å². The quantitative estimate of drug-likeness (QED) is 0.792. The van der Waals surface area contributed by atoms with Crippen LogP contribution >= 0.6 is 0 Å². The monoisotopic (exact) mass is 347 g/mol. The summed E-state index contributed by atoms with van der Waals surface area (Å²) in [5.74, 6) is 3.08. The third-order valence-corrected chi connectivity index (χ3v) is 6.67. The van der Waals surface area contributed by atoms with Gasteiger partial charge in [-0.1, -0.05) is 31.2 Å². The van der Waals surface area contributed by atoms with Gasteiger partial charge >= 0.3 is 0 Å². The molecule has 0 saturated heterocycles. The minimum absolute atomic E-state index is 0.145. The van der Waals surface area contributed by atoms with Crippen molar-refractivity contribution in [2.24, 2.45) is 5.92 Å². The molecule has 26 heavy (non-hydrogen) atoms. The molecular weight excluding hydrogens is 318 g/mol. The summed E-state index contributed by atoms with van der Waals surface area (Å²) in [4.78, 5) is 12.6. The standard InChI is InChI=1S/C23H29N3/c1-3-14-26(15-17-8-9-17)22-19-11-13-23(21(19)24-16(2)25-22)12-10-18-6-4-5-7-20(18)23/h4-7,17H,3,8-15H2,1-2H3. The highest BCUT2D eigenvalue weighted by molar-refractivity contribution is 5.59. The molecule has 5 rings (SSSR count). The van der Waals surface area contributed by atoms with Crippen LogP contribution in [0.25, 0.3) is 0 Å². The summed E-state index contributed by atoms with van der Waals surface area (Å²) in [7, 11) is 0. The molecule has 1 spiro atoms. The molecule has 0 radical (unpaired) electrons. The molecule has 3 nitrogen and oxygen atoms in total. The summed E-state index contributed by atoms with van der Waals surface area (Å²) in [5, 5.41) is 0. The normalized spacial score (nSPS) is 23.3. The molecule has 0 aliphatic heterocycles. The first-order chi connectivity index (χ1) is 12.7.